The first-order chi connectivity index (χ1) is 9.04. The summed E-state index contributed by atoms with van der Waals surface area (Å²) >= 11 is 0. The maximum Gasteiger partial charge on any atom is 0.320 e. The minimum absolute atomic E-state index is 0.00965. The van der Waals surface area contributed by atoms with Gasteiger partial charge in [0.1, 0.15) is 5.82 Å². The largest absolute Gasteiger partial charge is 0.330 e. The Kier molecular flexibility index (Phi) is 4.04. The molecule has 0 radical (unpaired) electrons. The molecule has 2 amide bonds. The molecule has 1 heterocycles. The van der Waals surface area contributed by atoms with E-state index >= 15 is 0 Å². The summed E-state index contributed by atoms with van der Waals surface area (Å²) < 4.78 is 13.3. The Bertz CT molecular complexity index is 478. The van der Waals surface area contributed by atoms with Crippen LogP contribution in [0.4, 0.5) is 9.18 Å². The van der Waals surface area contributed by atoms with Crippen LogP contribution in [0.15, 0.2) is 18.2 Å². The summed E-state index contributed by atoms with van der Waals surface area (Å²) in [6.45, 7) is 3.63. The van der Waals surface area contributed by atoms with Crippen molar-refractivity contribution in [3.63, 3.8) is 0 Å². The molecule has 0 spiro atoms. The zero-order valence-electron chi connectivity index (χ0n) is 11.4. The number of carbonyl (C=O) groups excluding carboxylic acids is 1. The summed E-state index contributed by atoms with van der Waals surface area (Å²) in [4.78, 5) is 15.6. The van der Waals surface area contributed by atoms with E-state index in [-0.39, 0.29) is 17.9 Å². The van der Waals surface area contributed by atoms with E-state index in [4.69, 9.17) is 5.73 Å². The van der Waals surface area contributed by atoms with Crippen LogP contribution in [0.2, 0.25) is 0 Å². The van der Waals surface area contributed by atoms with Gasteiger partial charge in [0, 0.05) is 20.1 Å². The van der Waals surface area contributed by atoms with Crippen LogP contribution < -0.4 is 5.73 Å². The molecular weight excluding hydrogens is 245 g/mol. The Morgan fingerprint density at radius 1 is 1.47 bits per heavy atom. The van der Waals surface area contributed by atoms with Crippen LogP contribution in [0, 0.1) is 12.7 Å². The number of benzene rings is 1. The van der Waals surface area contributed by atoms with Crippen LogP contribution >= 0.6 is 0 Å². The van der Waals surface area contributed by atoms with E-state index in [2.05, 4.69) is 0 Å². The summed E-state index contributed by atoms with van der Waals surface area (Å²) in [6, 6.07) is 5.04. The number of rotatable bonds is 4. The number of nitrogens with two attached hydrogens (primary N) is 1. The summed E-state index contributed by atoms with van der Waals surface area (Å²) in [6.07, 6.45) is 0.800. The highest BCUT2D eigenvalue weighted by atomic mass is 19.1. The summed E-state index contributed by atoms with van der Waals surface area (Å²) in [7, 11) is 1.79. The summed E-state index contributed by atoms with van der Waals surface area (Å²) in [5.41, 5.74) is 7.06. The van der Waals surface area contributed by atoms with Crippen molar-refractivity contribution in [1.29, 1.82) is 0 Å². The summed E-state index contributed by atoms with van der Waals surface area (Å²) in [5, 5.41) is 0. The standard InChI is InChI=1S/C14H20FN3O/c1-10-8-11(4-5-12(10)15)13-9-18(7-3-6-16)14(19)17(13)2/h4-5,8,13H,3,6-7,9,16H2,1-2H3. The predicted octanol–water partition coefficient (Wildman–Crippen LogP) is 1.89. The highest BCUT2D eigenvalue weighted by Gasteiger charge is 2.35. The molecule has 19 heavy (non-hydrogen) atoms. The van der Waals surface area contributed by atoms with E-state index in [0.29, 0.717) is 25.2 Å². The Labute approximate surface area is 113 Å². The average molecular weight is 265 g/mol. The second kappa shape index (κ2) is 5.57. The number of carbonyl (C=O) groups is 1. The smallest absolute Gasteiger partial charge is 0.320 e. The van der Waals surface area contributed by atoms with Crippen molar-refractivity contribution in [2.75, 3.05) is 26.7 Å². The van der Waals surface area contributed by atoms with Gasteiger partial charge in [-0.25, -0.2) is 9.18 Å². The molecular formula is C14H20FN3O. The first-order valence-electron chi connectivity index (χ1n) is 6.52. The molecule has 0 saturated carbocycles. The van der Waals surface area contributed by atoms with Crippen molar-refractivity contribution >= 4 is 6.03 Å². The molecule has 104 valence electrons. The number of amides is 2. The topological polar surface area (TPSA) is 49.6 Å². The molecule has 2 rings (SSSR count). The number of hydrogen-bond donors (Lipinski definition) is 1. The van der Waals surface area contributed by atoms with Crippen molar-refractivity contribution < 1.29 is 9.18 Å². The number of likely N-dealkylation sites (N-methyl/N-ethyl adjacent to an activating group) is 1. The van der Waals surface area contributed by atoms with E-state index in [1.807, 2.05) is 6.07 Å². The maximum absolute atomic E-state index is 13.3. The minimum Gasteiger partial charge on any atom is -0.330 e. The van der Waals surface area contributed by atoms with E-state index < -0.39 is 0 Å². The molecule has 1 fully saturated rings. The van der Waals surface area contributed by atoms with E-state index in [0.717, 1.165) is 12.0 Å². The molecule has 1 unspecified atom stereocenters. The fourth-order valence-corrected chi connectivity index (χ4v) is 2.44. The second-order valence-corrected chi connectivity index (χ2v) is 5.01. The lowest BCUT2D eigenvalue weighted by molar-refractivity contribution is 0.195. The fraction of sp³-hybridized carbons (Fsp3) is 0.500. The Hall–Kier alpha value is -1.62. The molecule has 1 atom stereocenters. The monoisotopic (exact) mass is 265 g/mol. The molecule has 1 aliphatic heterocycles. The minimum atomic E-state index is -0.212. The van der Waals surface area contributed by atoms with E-state index in [1.165, 1.54) is 6.07 Å². The molecule has 4 nitrogen and oxygen atoms in total. The number of hydrogen-bond acceptors (Lipinski definition) is 2. The summed E-state index contributed by atoms with van der Waals surface area (Å²) in [5.74, 6) is -0.212. The third-order valence-corrected chi connectivity index (χ3v) is 3.63. The Balaban J connectivity index is 2.16. The fourth-order valence-electron chi connectivity index (χ4n) is 2.44. The second-order valence-electron chi connectivity index (χ2n) is 5.01. The van der Waals surface area contributed by atoms with Crippen molar-refractivity contribution in [2.24, 2.45) is 5.73 Å². The average Bonchev–Trinajstić information content (AvgIpc) is 2.67. The number of urea groups is 1. The predicted molar refractivity (Wildman–Crippen MR) is 72.3 cm³/mol. The van der Waals surface area contributed by atoms with Gasteiger partial charge in [-0.1, -0.05) is 12.1 Å². The number of nitrogens with zero attached hydrogens (tertiary/aromatic N) is 2. The molecule has 0 aliphatic carbocycles. The van der Waals surface area contributed by atoms with Gasteiger partial charge in [0.15, 0.2) is 0 Å². The molecule has 1 aromatic carbocycles. The number of aryl methyl sites for hydroxylation is 1. The van der Waals surface area contributed by atoms with Gasteiger partial charge in [-0.3, -0.25) is 0 Å². The van der Waals surface area contributed by atoms with Crippen LogP contribution in [0.1, 0.15) is 23.6 Å². The van der Waals surface area contributed by atoms with Crippen molar-refractivity contribution in [2.45, 2.75) is 19.4 Å². The molecule has 5 heteroatoms. The van der Waals surface area contributed by atoms with Crippen molar-refractivity contribution in [1.82, 2.24) is 9.80 Å². The Morgan fingerprint density at radius 3 is 2.84 bits per heavy atom. The SMILES string of the molecule is Cc1cc(C2CN(CCCN)C(=O)N2C)ccc1F. The Morgan fingerprint density at radius 2 is 2.21 bits per heavy atom. The lowest BCUT2D eigenvalue weighted by Gasteiger charge is -2.18. The van der Waals surface area contributed by atoms with Crippen molar-refractivity contribution in [3.05, 3.63) is 35.1 Å². The third-order valence-electron chi connectivity index (χ3n) is 3.63. The lowest BCUT2D eigenvalue weighted by Crippen LogP contribution is -2.31. The van der Waals surface area contributed by atoms with Crippen LogP contribution in [-0.2, 0) is 0 Å². The molecule has 0 aromatic heterocycles. The van der Waals surface area contributed by atoms with Crippen molar-refractivity contribution in [3.8, 4) is 0 Å². The van der Waals surface area contributed by atoms with Crippen LogP contribution in [0.3, 0.4) is 0 Å². The van der Waals surface area contributed by atoms with Gasteiger partial charge in [0.2, 0.25) is 0 Å². The van der Waals surface area contributed by atoms with E-state index in [1.54, 1.807) is 29.8 Å². The van der Waals surface area contributed by atoms with Gasteiger partial charge < -0.3 is 15.5 Å². The zero-order valence-corrected chi connectivity index (χ0v) is 11.4. The molecule has 1 aromatic rings. The van der Waals surface area contributed by atoms with Gasteiger partial charge in [-0.15, -0.1) is 0 Å². The van der Waals surface area contributed by atoms with Crippen LogP contribution in [-0.4, -0.2) is 42.5 Å². The highest BCUT2D eigenvalue weighted by Crippen LogP contribution is 2.29. The van der Waals surface area contributed by atoms with Gasteiger partial charge >= 0.3 is 6.03 Å². The quantitative estimate of drug-likeness (QED) is 0.903. The normalized spacial score (nSPS) is 19.4. The third kappa shape index (κ3) is 2.71. The lowest BCUT2D eigenvalue weighted by atomic mass is 10.0. The van der Waals surface area contributed by atoms with Crippen LogP contribution in [0.5, 0.6) is 0 Å². The maximum atomic E-state index is 13.3. The van der Waals surface area contributed by atoms with Gasteiger partial charge in [-0.2, -0.15) is 0 Å². The van der Waals surface area contributed by atoms with E-state index in [9.17, 15) is 9.18 Å². The molecule has 1 aliphatic rings. The van der Waals surface area contributed by atoms with Gasteiger partial charge in [-0.05, 0) is 37.1 Å². The van der Waals surface area contributed by atoms with Crippen LogP contribution in [0.25, 0.3) is 0 Å². The molecule has 2 N–H and O–H groups in total. The van der Waals surface area contributed by atoms with Gasteiger partial charge in [0.25, 0.3) is 0 Å². The molecule has 0 bridgehead atoms. The first-order valence-corrected chi connectivity index (χ1v) is 6.52. The highest BCUT2D eigenvalue weighted by molar-refractivity contribution is 5.77. The molecule has 1 saturated heterocycles. The number of halogens is 1. The zero-order chi connectivity index (χ0) is 14.0. The first kappa shape index (κ1) is 13.8. The van der Waals surface area contributed by atoms with Gasteiger partial charge in [0.05, 0.1) is 6.04 Å².